The number of hydrogen-bond donors (Lipinski definition) is 1. The van der Waals surface area contributed by atoms with Gasteiger partial charge in [-0.1, -0.05) is 70.2 Å². The maximum atomic E-state index is 8.63. The molecule has 0 unspecified atom stereocenters. The van der Waals surface area contributed by atoms with Gasteiger partial charge < -0.3 is 5.11 Å². The lowest BCUT2D eigenvalue weighted by atomic mass is 9.96. The Bertz CT molecular complexity index is 449. The lowest BCUT2D eigenvalue weighted by Crippen LogP contribution is -1.91. The summed E-state index contributed by atoms with van der Waals surface area (Å²) in [5, 5.41) is 8.63. The molecule has 102 valence electrons. The summed E-state index contributed by atoms with van der Waals surface area (Å²) in [7, 11) is 0. The molecule has 0 aliphatic heterocycles. The second-order valence-electron chi connectivity index (χ2n) is 5.32. The Hall–Kier alpha value is -1.76. The van der Waals surface area contributed by atoms with Crippen molar-refractivity contribution in [2.24, 2.45) is 0 Å². The van der Waals surface area contributed by atoms with Crippen LogP contribution in [0.4, 0.5) is 0 Å². The molecule has 0 saturated heterocycles. The lowest BCUT2D eigenvalue weighted by Gasteiger charge is -2.09. The molecule has 0 fully saturated rings. The average Bonchev–Trinajstić information content (AvgIpc) is 2.40. The van der Waals surface area contributed by atoms with Gasteiger partial charge in [-0.3, -0.25) is 0 Å². The highest BCUT2D eigenvalue weighted by Crippen LogP contribution is 2.20. The van der Waals surface area contributed by atoms with Crippen molar-refractivity contribution in [1.29, 1.82) is 0 Å². The number of para-hydroxylation sites is 1. The third kappa shape index (κ3) is 5.60. The van der Waals surface area contributed by atoms with Crippen molar-refractivity contribution in [3.63, 3.8) is 0 Å². The van der Waals surface area contributed by atoms with Gasteiger partial charge in [-0.15, -0.1) is 0 Å². The van der Waals surface area contributed by atoms with Crippen LogP contribution in [-0.2, 0) is 0 Å². The van der Waals surface area contributed by atoms with Crippen LogP contribution in [0.15, 0.2) is 54.6 Å². The molecule has 0 amide bonds. The molecule has 1 nitrogen and oxygen atoms in total. The van der Waals surface area contributed by atoms with Gasteiger partial charge in [0.15, 0.2) is 0 Å². The largest absolute Gasteiger partial charge is 0.508 e. The highest BCUT2D eigenvalue weighted by molar-refractivity contribution is 5.27. The van der Waals surface area contributed by atoms with Crippen molar-refractivity contribution in [2.75, 3.05) is 0 Å². The first kappa shape index (κ1) is 15.3. The van der Waals surface area contributed by atoms with Crippen LogP contribution in [0.3, 0.4) is 0 Å². The van der Waals surface area contributed by atoms with E-state index in [1.165, 1.54) is 11.1 Å². The third-order valence-corrected chi connectivity index (χ3v) is 3.00. The van der Waals surface area contributed by atoms with Crippen LogP contribution in [0.2, 0.25) is 0 Å². The summed E-state index contributed by atoms with van der Waals surface area (Å²) >= 11 is 0. The summed E-state index contributed by atoms with van der Waals surface area (Å²) in [5.41, 5.74) is 2.89. The molecule has 0 aliphatic rings. The average molecular weight is 256 g/mol. The van der Waals surface area contributed by atoms with Crippen LogP contribution in [0, 0.1) is 0 Å². The van der Waals surface area contributed by atoms with E-state index in [9.17, 15) is 0 Å². The topological polar surface area (TPSA) is 20.2 Å². The van der Waals surface area contributed by atoms with Crippen LogP contribution >= 0.6 is 0 Å². The van der Waals surface area contributed by atoms with Gasteiger partial charge in [0.1, 0.15) is 5.75 Å². The van der Waals surface area contributed by atoms with Gasteiger partial charge in [0.25, 0.3) is 0 Å². The monoisotopic (exact) mass is 256 g/mol. The Morgan fingerprint density at radius 1 is 0.684 bits per heavy atom. The van der Waals surface area contributed by atoms with E-state index >= 15 is 0 Å². The molecule has 1 N–H and O–H groups in total. The predicted octanol–water partition coefficient (Wildman–Crippen LogP) is 5.33. The molecule has 2 aromatic rings. The zero-order valence-corrected chi connectivity index (χ0v) is 12.3. The molecule has 1 heteroatoms. The summed E-state index contributed by atoms with van der Waals surface area (Å²) in [4.78, 5) is 0. The SMILES string of the molecule is CC(C)c1cccc(C(C)C)c1.Oc1ccccc1. The fraction of sp³-hybridized carbons (Fsp3) is 0.333. The Balaban J connectivity index is 0.000000218. The van der Waals surface area contributed by atoms with Crippen molar-refractivity contribution in [1.82, 2.24) is 0 Å². The number of rotatable bonds is 2. The minimum Gasteiger partial charge on any atom is -0.508 e. The number of benzene rings is 2. The summed E-state index contributed by atoms with van der Waals surface area (Å²) in [6.07, 6.45) is 0. The lowest BCUT2D eigenvalue weighted by molar-refractivity contribution is 0.475. The first-order chi connectivity index (χ1) is 9.00. The summed E-state index contributed by atoms with van der Waals surface area (Å²) in [6.45, 7) is 8.94. The summed E-state index contributed by atoms with van der Waals surface area (Å²) in [6, 6.07) is 17.6. The molecule has 0 spiro atoms. The molecule has 0 aromatic heterocycles. The molecule has 0 aliphatic carbocycles. The normalized spacial score (nSPS) is 10.2. The van der Waals surface area contributed by atoms with Crippen LogP contribution in [0.5, 0.6) is 5.75 Å². The fourth-order valence-electron chi connectivity index (χ4n) is 1.71. The third-order valence-electron chi connectivity index (χ3n) is 3.00. The second-order valence-corrected chi connectivity index (χ2v) is 5.32. The molecule has 2 aromatic carbocycles. The molecule has 0 radical (unpaired) electrons. The van der Waals surface area contributed by atoms with E-state index in [-0.39, 0.29) is 0 Å². The highest BCUT2D eigenvalue weighted by Gasteiger charge is 2.02. The molecule has 0 atom stereocenters. The zero-order valence-electron chi connectivity index (χ0n) is 12.3. The Morgan fingerprint density at radius 3 is 1.47 bits per heavy atom. The molecule has 0 bridgehead atoms. The minimum absolute atomic E-state index is 0.322. The highest BCUT2D eigenvalue weighted by atomic mass is 16.3. The van der Waals surface area contributed by atoms with E-state index in [0.717, 1.165) is 0 Å². The van der Waals surface area contributed by atoms with Crippen molar-refractivity contribution in [3.8, 4) is 5.75 Å². The van der Waals surface area contributed by atoms with E-state index in [2.05, 4.69) is 52.0 Å². The van der Waals surface area contributed by atoms with Gasteiger partial charge in [-0.25, -0.2) is 0 Å². The number of hydrogen-bond acceptors (Lipinski definition) is 1. The Kier molecular flexibility index (Phi) is 6.14. The molecular formula is C18H24O. The number of phenolic OH excluding ortho intramolecular Hbond substituents is 1. The predicted molar refractivity (Wildman–Crippen MR) is 82.7 cm³/mol. The molecule has 0 heterocycles. The Labute approximate surface area is 116 Å². The van der Waals surface area contributed by atoms with Gasteiger partial charge in [-0.2, -0.15) is 0 Å². The van der Waals surface area contributed by atoms with E-state index < -0.39 is 0 Å². The molecule has 19 heavy (non-hydrogen) atoms. The quantitative estimate of drug-likeness (QED) is 0.770. The molecular weight excluding hydrogens is 232 g/mol. The van der Waals surface area contributed by atoms with Crippen LogP contribution < -0.4 is 0 Å². The van der Waals surface area contributed by atoms with Crippen molar-refractivity contribution >= 4 is 0 Å². The number of aromatic hydroxyl groups is 1. The first-order valence-electron chi connectivity index (χ1n) is 6.84. The fourth-order valence-corrected chi connectivity index (χ4v) is 1.71. The minimum atomic E-state index is 0.322. The molecule has 0 saturated carbocycles. The van der Waals surface area contributed by atoms with Gasteiger partial charge in [0.2, 0.25) is 0 Å². The van der Waals surface area contributed by atoms with Crippen molar-refractivity contribution in [3.05, 3.63) is 65.7 Å². The molecule has 2 rings (SSSR count). The van der Waals surface area contributed by atoms with Gasteiger partial charge >= 0.3 is 0 Å². The van der Waals surface area contributed by atoms with Crippen LogP contribution in [-0.4, -0.2) is 5.11 Å². The maximum absolute atomic E-state index is 8.63. The van der Waals surface area contributed by atoms with E-state index in [4.69, 9.17) is 5.11 Å². The van der Waals surface area contributed by atoms with Crippen LogP contribution in [0.1, 0.15) is 50.7 Å². The zero-order chi connectivity index (χ0) is 14.3. The number of phenols is 1. The van der Waals surface area contributed by atoms with Gasteiger partial charge in [0.05, 0.1) is 0 Å². The van der Waals surface area contributed by atoms with Crippen molar-refractivity contribution < 1.29 is 5.11 Å². The maximum Gasteiger partial charge on any atom is 0.115 e. The summed E-state index contributed by atoms with van der Waals surface area (Å²) in [5.74, 6) is 1.61. The first-order valence-corrected chi connectivity index (χ1v) is 6.84. The summed E-state index contributed by atoms with van der Waals surface area (Å²) < 4.78 is 0. The smallest absolute Gasteiger partial charge is 0.115 e. The standard InChI is InChI=1S/C12H18.C6H6O/c1-9(2)11-6-5-7-12(8-11)10(3)4;7-6-4-2-1-3-5-6/h5-10H,1-4H3;1-5,7H. The van der Waals surface area contributed by atoms with Gasteiger partial charge in [0, 0.05) is 0 Å². The second kappa shape index (κ2) is 7.63. The van der Waals surface area contributed by atoms with E-state index in [0.29, 0.717) is 17.6 Å². The van der Waals surface area contributed by atoms with E-state index in [1.54, 1.807) is 24.3 Å². The van der Waals surface area contributed by atoms with Crippen molar-refractivity contribution in [2.45, 2.75) is 39.5 Å². The van der Waals surface area contributed by atoms with Crippen LogP contribution in [0.25, 0.3) is 0 Å². The van der Waals surface area contributed by atoms with E-state index in [1.807, 2.05) is 6.07 Å². The van der Waals surface area contributed by atoms with Gasteiger partial charge in [-0.05, 0) is 35.1 Å². The Morgan fingerprint density at radius 2 is 1.16 bits per heavy atom.